The highest BCUT2D eigenvalue weighted by Gasteiger charge is 2.45. The first-order valence-corrected chi connectivity index (χ1v) is 21.3. The topological polar surface area (TPSA) is 8.17 Å². The molecule has 0 N–H and O–H groups in total. The Morgan fingerprint density at radius 1 is 0.518 bits per heavy atom. The van der Waals surface area contributed by atoms with Gasteiger partial charge < -0.3 is 9.47 Å². The zero-order valence-corrected chi connectivity index (χ0v) is 33.0. The second kappa shape index (κ2) is 13.2. The molecular weight excluding hydrogens is 697 g/mol. The SMILES string of the molecule is C[C@H]1CC2C[C@H](C)CC(c3ccc(N(c4ccc(-c5ccccc5-n5c6ccccc6c6ccccc65)cc4)c4ccc5sc6ccccc6c5c4)cc3)(C2)C1. The Hall–Kier alpha value is -5.64. The smallest absolute Gasteiger partial charge is 0.0541 e. The summed E-state index contributed by atoms with van der Waals surface area (Å²) in [6, 6.07) is 61.3. The van der Waals surface area contributed by atoms with E-state index in [2.05, 4.69) is 187 Å². The predicted molar refractivity (Wildman–Crippen MR) is 240 cm³/mol. The van der Waals surface area contributed by atoms with E-state index in [4.69, 9.17) is 0 Å². The first-order valence-electron chi connectivity index (χ1n) is 20.5. The molecule has 2 aromatic heterocycles. The van der Waals surface area contributed by atoms with E-state index < -0.39 is 0 Å². The van der Waals surface area contributed by atoms with Gasteiger partial charge in [0.1, 0.15) is 0 Å². The number of thiophene rings is 1. The maximum absolute atomic E-state index is 2.49. The van der Waals surface area contributed by atoms with Crippen LogP contribution in [0.2, 0.25) is 0 Å². The molecule has 2 fully saturated rings. The van der Waals surface area contributed by atoms with E-state index in [1.54, 1.807) is 5.56 Å². The first kappa shape index (κ1) is 33.7. The summed E-state index contributed by atoms with van der Waals surface area (Å²) in [5.41, 5.74) is 11.5. The lowest BCUT2D eigenvalue weighted by Crippen LogP contribution is -2.42. The van der Waals surface area contributed by atoms with Crippen molar-refractivity contribution in [2.24, 2.45) is 17.8 Å². The van der Waals surface area contributed by atoms with Gasteiger partial charge in [-0.3, -0.25) is 0 Å². The average Bonchev–Trinajstić information content (AvgIpc) is 3.76. The molecule has 2 atom stereocenters. The van der Waals surface area contributed by atoms with Crippen LogP contribution in [-0.4, -0.2) is 4.57 Å². The summed E-state index contributed by atoms with van der Waals surface area (Å²) in [5.74, 6) is 2.45. The van der Waals surface area contributed by atoms with Gasteiger partial charge in [0.2, 0.25) is 0 Å². The van der Waals surface area contributed by atoms with Crippen LogP contribution in [0.25, 0.3) is 58.8 Å². The minimum Gasteiger partial charge on any atom is -0.310 e. The molecule has 2 heterocycles. The van der Waals surface area contributed by atoms with Crippen LogP contribution >= 0.6 is 11.3 Å². The molecule has 56 heavy (non-hydrogen) atoms. The Kier molecular flexibility index (Phi) is 7.96. The minimum atomic E-state index is 0.309. The lowest BCUT2D eigenvalue weighted by Gasteiger charge is -2.50. The van der Waals surface area contributed by atoms with Crippen molar-refractivity contribution in [3.8, 4) is 16.8 Å². The molecule has 0 aliphatic heterocycles. The van der Waals surface area contributed by atoms with Gasteiger partial charge in [-0.15, -0.1) is 11.3 Å². The number of anilines is 3. The van der Waals surface area contributed by atoms with E-state index in [-0.39, 0.29) is 0 Å². The molecule has 0 radical (unpaired) electrons. The zero-order valence-electron chi connectivity index (χ0n) is 32.2. The first-order chi connectivity index (χ1) is 27.5. The van der Waals surface area contributed by atoms with Crippen LogP contribution < -0.4 is 4.90 Å². The second-order valence-electron chi connectivity index (χ2n) is 17.0. The third kappa shape index (κ3) is 5.51. The zero-order chi connectivity index (χ0) is 37.4. The molecule has 11 rings (SSSR count). The minimum absolute atomic E-state index is 0.309. The van der Waals surface area contributed by atoms with Crippen molar-refractivity contribution in [2.75, 3.05) is 4.90 Å². The third-order valence-electron chi connectivity index (χ3n) is 13.1. The maximum atomic E-state index is 2.49. The molecule has 2 aliphatic rings. The number of para-hydroxylation sites is 3. The Morgan fingerprint density at radius 2 is 1.07 bits per heavy atom. The quantitative estimate of drug-likeness (QED) is 0.165. The van der Waals surface area contributed by atoms with Gasteiger partial charge >= 0.3 is 0 Å². The van der Waals surface area contributed by atoms with Crippen molar-refractivity contribution < 1.29 is 0 Å². The summed E-state index contributed by atoms with van der Waals surface area (Å²) < 4.78 is 5.10. The molecule has 0 amide bonds. The molecule has 0 spiro atoms. The fraction of sp³-hybridized carbons (Fsp3) is 0.208. The monoisotopic (exact) mass is 742 g/mol. The number of aromatic nitrogens is 1. The summed E-state index contributed by atoms with van der Waals surface area (Å²) in [4.78, 5) is 2.46. The van der Waals surface area contributed by atoms with E-state index in [1.165, 1.54) is 102 Å². The molecule has 2 nitrogen and oxygen atoms in total. The van der Waals surface area contributed by atoms with Crippen molar-refractivity contribution in [1.82, 2.24) is 4.57 Å². The fourth-order valence-corrected chi connectivity index (χ4v) is 12.3. The third-order valence-corrected chi connectivity index (χ3v) is 14.3. The van der Waals surface area contributed by atoms with E-state index in [0.29, 0.717) is 5.41 Å². The van der Waals surface area contributed by atoms with Crippen molar-refractivity contribution in [2.45, 2.75) is 51.4 Å². The maximum Gasteiger partial charge on any atom is 0.0541 e. The van der Waals surface area contributed by atoms with Gasteiger partial charge in [-0.2, -0.15) is 0 Å². The predicted octanol–water partition coefficient (Wildman–Crippen LogP) is 15.4. The number of rotatable bonds is 6. The van der Waals surface area contributed by atoms with E-state index in [9.17, 15) is 0 Å². The molecule has 2 bridgehead atoms. The Morgan fingerprint density at radius 3 is 1.77 bits per heavy atom. The van der Waals surface area contributed by atoms with Crippen LogP contribution in [0.3, 0.4) is 0 Å². The molecule has 0 unspecified atom stereocenters. The Balaban J connectivity index is 1.02. The number of nitrogens with zero attached hydrogens (tertiary/aromatic N) is 2. The molecular formula is C53H46N2S. The molecule has 2 saturated carbocycles. The number of fused-ring (bicyclic) bond motifs is 8. The van der Waals surface area contributed by atoms with E-state index >= 15 is 0 Å². The molecule has 7 aromatic carbocycles. The number of hydrogen-bond acceptors (Lipinski definition) is 2. The van der Waals surface area contributed by atoms with Crippen molar-refractivity contribution in [3.63, 3.8) is 0 Å². The molecule has 3 heteroatoms. The van der Waals surface area contributed by atoms with E-state index in [0.717, 1.165) is 23.4 Å². The van der Waals surface area contributed by atoms with Gasteiger partial charge in [0, 0.05) is 53.6 Å². The number of hydrogen-bond donors (Lipinski definition) is 0. The summed E-state index contributed by atoms with van der Waals surface area (Å²) in [7, 11) is 0. The molecule has 274 valence electrons. The van der Waals surface area contributed by atoms with Gasteiger partial charge in [0.25, 0.3) is 0 Å². The van der Waals surface area contributed by atoms with Gasteiger partial charge in [0.05, 0.1) is 16.7 Å². The van der Waals surface area contributed by atoms with Crippen molar-refractivity contribution >= 4 is 70.4 Å². The molecule has 0 saturated heterocycles. The normalized spacial score (nSPS) is 20.9. The van der Waals surface area contributed by atoms with Crippen LogP contribution in [0.4, 0.5) is 17.1 Å². The molecule has 9 aromatic rings. The van der Waals surface area contributed by atoms with Crippen LogP contribution in [0, 0.1) is 17.8 Å². The summed E-state index contributed by atoms with van der Waals surface area (Å²) in [5, 5.41) is 5.20. The highest BCUT2D eigenvalue weighted by atomic mass is 32.1. The van der Waals surface area contributed by atoms with Gasteiger partial charge in [-0.1, -0.05) is 111 Å². The highest BCUT2D eigenvalue weighted by molar-refractivity contribution is 7.25. The van der Waals surface area contributed by atoms with Gasteiger partial charge in [-0.25, -0.2) is 0 Å². The largest absolute Gasteiger partial charge is 0.310 e. The number of benzene rings is 7. The lowest BCUT2D eigenvalue weighted by atomic mass is 9.54. The van der Waals surface area contributed by atoms with Gasteiger partial charge in [0.15, 0.2) is 0 Å². The lowest BCUT2D eigenvalue weighted by molar-refractivity contribution is 0.0780. The van der Waals surface area contributed by atoms with Gasteiger partial charge in [-0.05, 0) is 133 Å². The summed E-state index contributed by atoms with van der Waals surface area (Å²) in [6.07, 6.45) is 6.78. The standard InChI is InChI=1S/C53H46N2S/c1-35-29-37-30-36(2)33-53(32-35,34-37)39-21-25-41(26-22-39)54(42-27-28-52-47(31-42)46-14-6-10-18-51(46)56-52)40-23-19-38(20-24-40)43-11-3-7-15-48(43)55-49-16-8-4-12-44(49)45-13-5-9-17-50(45)55/h3-28,31,35-37H,29-30,32-34H2,1-2H3/t35-,36-,37?,53?/m0/s1. The second-order valence-corrected chi connectivity index (χ2v) is 18.1. The highest BCUT2D eigenvalue weighted by Crippen LogP contribution is 2.54. The van der Waals surface area contributed by atoms with Crippen molar-refractivity contribution in [3.05, 3.63) is 169 Å². The summed E-state index contributed by atoms with van der Waals surface area (Å²) in [6.45, 7) is 4.98. The molecule has 2 aliphatic carbocycles. The fourth-order valence-electron chi connectivity index (χ4n) is 11.2. The average molecular weight is 743 g/mol. The van der Waals surface area contributed by atoms with Crippen LogP contribution in [0.15, 0.2) is 164 Å². The summed E-state index contributed by atoms with van der Waals surface area (Å²) >= 11 is 1.88. The Bertz CT molecular complexity index is 2820. The van der Waals surface area contributed by atoms with E-state index in [1.807, 2.05) is 11.3 Å². The Labute approximate surface area is 333 Å². The van der Waals surface area contributed by atoms with Crippen LogP contribution in [0.1, 0.15) is 51.5 Å². The van der Waals surface area contributed by atoms with Crippen LogP contribution in [0.5, 0.6) is 0 Å². The van der Waals surface area contributed by atoms with Crippen LogP contribution in [-0.2, 0) is 5.41 Å². The van der Waals surface area contributed by atoms with Crippen molar-refractivity contribution in [1.29, 1.82) is 0 Å².